The van der Waals surface area contributed by atoms with Crippen LogP contribution in [-0.2, 0) is 11.2 Å². The Balaban J connectivity index is 1.60. The SMILES string of the molecule is Cc1cc(C[C@@H]2COC[C@@H]2Nc2c(C)c(C)nc3ccnn23)on1. The smallest absolute Gasteiger partial charge is 0.157 e. The molecule has 126 valence electrons. The molecule has 0 spiro atoms. The molecule has 0 aliphatic carbocycles. The molecule has 1 aliphatic rings. The number of hydrogen-bond acceptors (Lipinski definition) is 6. The van der Waals surface area contributed by atoms with Gasteiger partial charge in [-0.2, -0.15) is 9.61 Å². The predicted octanol–water partition coefficient (Wildman–Crippen LogP) is 2.31. The van der Waals surface area contributed by atoms with Crippen LogP contribution in [-0.4, -0.2) is 39.0 Å². The highest BCUT2D eigenvalue weighted by atomic mass is 16.5. The minimum absolute atomic E-state index is 0.198. The Bertz CT molecular complexity index is 869. The zero-order valence-corrected chi connectivity index (χ0v) is 14.1. The molecule has 1 aliphatic heterocycles. The third-order valence-corrected chi connectivity index (χ3v) is 4.68. The summed E-state index contributed by atoms with van der Waals surface area (Å²) in [6.07, 6.45) is 2.58. The standard InChI is InChI=1S/C17H21N5O2/c1-10-6-14(24-21-10)7-13-8-23-9-15(13)20-17-11(2)12(3)19-16-4-5-18-22(16)17/h4-6,13,15,20H,7-9H2,1-3H3/t13-,15+/m1/s1. The van der Waals surface area contributed by atoms with Gasteiger partial charge in [0.1, 0.15) is 11.6 Å². The maximum atomic E-state index is 5.71. The number of anilines is 1. The summed E-state index contributed by atoms with van der Waals surface area (Å²) >= 11 is 0. The van der Waals surface area contributed by atoms with E-state index < -0.39 is 0 Å². The Labute approximate surface area is 140 Å². The van der Waals surface area contributed by atoms with Crippen molar-refractivity contribution in [3.8, 4) is 0 Å². The van der Waals surface area contributed by atoms with Crippen molar-refractivity contribution in [3.63, 3.8) is 0 Å². The van der Waals surface area contributed by atoms with E-state index in [1.807, 2.05) is 30.5 Å². The fourth-order valence-electron chi connectivity index (χ4n) is 3.21. The zero-order chi connectivity index (χ0) is 16.7. The first-order valence-electron chi connectivity index (χ1n) is 8.19. The molecule has 1 saturated heterocycles. The summed E-state index contributed by atoms with van der Waals surface area (Å²) in [5.41, 5.74) is 3.87. The number of nitrogens with zero attached hydrogens (tertiary/aromatic N) is 4. The Morgan fingerprint density at radius 1 is 1.29 bits per heavy atom. The first-order chi connectivity index (χ1) is 11.6. The second-order valence-electron chi connectivity index (χ2n) is 6.46. The fourth-order valence-corrected chi connectivity index (χ4v) is 3.21. The van der Waals surface area contributed by atoms with Crippen molar-refractivity contribution in [1.82, 2.24) is 19.8 Å². The highest BCUT2D eigenvalue weighted by Gasteiger charge is 2.30. The van der Waals surface area contributed by atoms with Gasteiger partial charge in [-0.1, -0.05) is 5.16 Å². The monoisotopic (exact) mass is 327 g/mol. The lowest BCUT2D eigenvalue weighted by Crippen LogP contribution is -2.30. The molecule has 4 heterocycles. The Morgan fingerprint density at radius 3 is 2.96 bits per heavy atom. The van der Waals surface area contributed by atoms with Crippen LogP contribution in [0.5, 0.6) is 0 Å². The molecule has 1 N–H and O–H groups in total. The molecule has 4 rings (SSSR count). The predicted molar refractivity (Wildman–Crippen MR) is 89.1 cm³/mol. The molecule has 0 saturated carbocycles. The van der Waals surface area contributed by atoms with Crippen LogP contribution in [0.2, 0.25) is 0 Å². The van der Waals surface area contributed by atoms with E-state index in [1.165, 1.54) is 0 Å². The van der Waals surface area contributed by atoms with Gasteiger partial charge in [0, 0.05) is 35.7 Å². The van der Waals surface area contributed by atoms with E-state index in [0.29, 0.717) is 19.1 Å². The molecule has 0 amide bonds. The van der Waals surface area contributed by atoms with E-state index in [9.17, 15) is 0 Å². The van der Waals surface area contributed by atoms with Crippen LogP contribution in [0.25, 0.3) is 5.65 Å². The largest absolute Gasteiger partial charge is 0.379 e. The average molecular weight is 327 g/mol. The summed E-state index contributed by atoms with van der Waals surface area (Å²) in [6, 6.07) is 4.10. The third-order valence-electron chi connectivity index (χ3n) is 4.68. The van der Waals surface area contributed by atoms with Gasteiger partial charge in [0.25, 0.3) is 0 Å². The number of ether oxygens (including phenoxy) is 1. The second kappa shape index (κ2) is 5.90. The van der Waals surface area contributed by atoms with Crippen molar-refractivity contribution in [3.05, 3.63) is 41.0 Å². The quantitative estimate of drug-likeness (QED) is 0.792. The van der Waals surface area contributed by atoms with Gasteiger partial charge in [0.2, 0.25) is 0 Å². The first-order valence-corrected chi connectivity index (χ1v) is 8.19. The Hall–Kier alpha value is -2.41. The van der Waals surface area contributed by atoms with Gasteiger partial charge < -0.3 is 14.6 Å². The van der Waals surface area contributed by atoms with Crippen LogP contribution < -0.4 is 5.32 Å². The van der Waals surface area contributed by atoms with Gasteiger partial charge in [-0.3, -0.25) is 0 Å². The molecule has 1 fully saturated rings. The summed E-state index contributed by atoms with van der Waals surface area (Å²) < 4.78 is 12.9. The van der Waals surface area contributed by atoms with Crippen molar-refractivity contribution in [2.75, 3.05) is 18.5 Å². The molecule has 0 aromatic carbocycles. The summed E-state index contributed by atoms with van der Waals surface area (Å²) in [5, 5.41) is 12.0. The molecule has 7 heteroatoms. The van der Waals surface area contributed by atoms with Crippen LogP contribution >= 0.6 is 0 Å². The molecular formula is C17H21N5O2. The topological polar surface area (TPSA) is 77.5 Å². The second-order valence-corrected chi connectivity index (χ2v) is 6.46. The molecule has 7 nitrogen and oxygen atoms in total. The van der Waals surface area contributed by atoms with Gasteiger partial charge in [0.15, 0.2) is 5.65 Å². The van der Waals surface area contributed by atoms with Crippen molar-refractivity contribution in [1.29, 1.82) is 0 Å². The van der Waals surface area contributed by atoms with Crippen molar-refractivity contribution < 1.29 is 9.26 Å². The van der Waals surface area contributed by atoms with E-state index in [4.69, 9.17) is 9.26 Å². The summed E-state index contributed by atoms with van der Waals surface area (Å²) in [6.45, 7) is 7.40. The molecule has 3 aromatic rings. The first kappa shape index (κ1) is 15.1. The maximum absolute atomic E-state index is 5.71. The van der Waals surface area contributed by atoms with Gasteiger partial charge >= 0.3 is 0 Å². The van der Waals surface area contributed by atoms with Gasteiger partial charge in [-0.15, -0.1) is 0 Å². The highest BCUT2D eigenvalue weighted by Crippen LogP contribution is 2.26. The number of aryl methyl sites for hydroxylation is 2. The van der Waals surface area contributed by atoms with Crippen LogP contribution in [0.3, 0.4) is 0 Å². The molecule has 2 atom stereocenters. The van der Waals surface area contributed by atoms with Gasteiger partial charge in [0.05, 0.1) is 31.1 Å². The van der Waals surface area contributed by atoms with Gasteiger partial charge in [-0.05, 0) is 20.8 Å². The van der Waals surface area contributed by atoms with E-state index in [-0.39, 0.29) is 6.04 Å². The van der Waals surface area contributed by atoms with Crippen molar-refractivity contribution >= 4 is 11.5 Å². The number of fused-ring (bicyclic) bond motifs is 1. The fraction of sp³-hybridized carbons (Fsp3) is 0.471. The third kappa shape index (κ3) is 2.65. The number of hydrogen-bond donors (Lipinski definition) is 1. The minimum atomic E-state index is 0.198. The average Bonchev–Trinajstić information content (AvgIpc) is 3.27. The normalized spacial score (nSPS) is 20.8. The van der Waals surface area contributed by atoms with Crippen LogP contribution in [0.1, 0.15) is 22.7 Å². The van der Waals surface area contributed by atoms with E-state index in [1.54, 1.807) is 6.20 Å². The molecule has 0 radical (unpaired) electrons. The number of rotatable bonds is 4. The van der Waals surface area contributed by atoms with E-state index in [2.05, 4.69) is 27.5 Å². The van der Waals surface area contributed by atoms with E-state index >= 15 is 0 Å². The van der Waals surface area contributed by atoms with Crippen LogP contribution in [0, 0.1) is 26.7 Å². The lowest BCUT2D eigenvalue weighted by molar-refractivity contribution is 0.183. The zero-order valence-electron chi connectivity index (χ0n) is 14.1. The molecular weight excluding hydrogens is 306 g/mol. The van der Waals surface area contributed by atoms with Crippen molar-refractivity contribution in [2.45, 2.75) is 33.2 Å². The van der Waals surface area contributed by atoms with E-state index in [0.717, 1.165) is 40.6 Å². The molecule has 24 heavy (non-hydrogen) atoms. The molecule has 0 unspecified atom stereocenters. The molecule has 3 aromatic heterocycles. The van der Waals surface area contributed by atoms with Crippen LogP contribution in [0.4, 0.5) is 5.82 Å². The highest BCUT2D eigenvalue weighted by molar-refractivity contribution is 5.55. The van der Waals surface area contributed by atoms with Crippen LogP contribution in [0.15, 0.2) is 22.9 Å². The lowest BCUT2D eigenvalue weighted by Gasteiger charge is -2.21. The minimum Gasteiger partial charge on any atom is -0.379 e. The lowest BCUT2D eigenvalue weighted by atomic mass is 9.98. The Kier molecular flexibility index (Phi) is 3.72. The van der Waals surface area contributed by atoms with Crippen molar-refractivity contribution in [2.24, 2.45) is 5.92 Å². The summed E-state index contributed by atoms with van der Waals surface area (Å²) in [5.74, 6) is 2.22. The van der Waals surface area contributed by atoms with Gasteiger partial charge in [-0.25, -0.2) is 4.98 Å². The Morgan fingerprint density at radius 2 is 2.17 bits per heavy atom. The number of nitrogens with one attached hydrogen (secondary N) is 1. The maximum Gasteiger partial charge on any atom is 0.157 e. The number of aromatic nitrogens is 4. The summed E-state index contributed by atoms with van der Waals surface area (Å²) in [4.78, 5) is 4.57. The molecule has 0 bridgehead atoms. The summed E-state index contributed by atoms with van der Waals surface area (Å²) in [7, 11) is 0.